The Balaban J connectivity index is 1.51. The number of hydrogen-bond acceptors (Lipinski definition) is 6. The molecule has 0 unspecified atom stereocenters. The fraction of sp³-hybridized carbons (Fsp3) is 0.688. The number of aryl methyl sites for hydroxylation is 1. The van der Waals surface area contributed by atoms with E-state index in [1.165, 1.54) is 6.33 Å². The third kappa shape index (κ3) is 3.98. The van der Waals surface area contributed by atoms with Crippen LogP contribution in [0.1, 0.15) is 63.1 Å². The lowest BCUT2D eigenvalue weighted by molar-refractivity contribution is -0.132. The van der Waals surface area contributed by atoms with Crippen molar-refractivity contribution in [3.8, 4) is 0 Å². The molecule has 0 spiro atoms. The van der Waals surface area contributed by atoms with Crippen LogP contribution in [0.2, 0.25) is 0 Å². The van der Waals surface area contributed by atoms with Crippen molar-refractivity contribution in [2.45, 2.75) is 57.9 Å². The molecule has 8 nitrogen and oxygen atoms in total. The van der Waals surface area contributed by atoms with Crippen LogP contribution in [0.4, 0.5) is 0 Å². The zero-order valence-electron chi connectivity index (χ0n) is 14.3. The van der Waals surface area contributed by atoms with Crippen molar-refractivity contribution in [1.29, 1.82) is 0 Å². The zero-order chi connectivity index (χ0) is 16.9. The molecule has 130 valence electrons. The van der Waals surface area contributed by atoms with E-state index in [1.807, 2.05) is 18.7 Å². The summed E-state index contributed by atoms with van der Waals surface area (Å²) in [6, 6.07) is 0. The Hall–Kier alpha value is -2.25. The Kier molecular flexibility index (Phi) is 5.22. The number of amides is 1. The molecule has 0 bridgehead atoms. The van der Waals surface area contributed by atoms with Gasteiger partial charge in [-0.2, -0.15) is 10.1 Å². The molecule has 3 heterocycles. The molecule has 3 rings (SSSR count). The van der Waals surface area contributed by atoms with Crippen molar-refractivity contribution in [3.05, 3.63) is 24.4 Å². The van der Waals surface area contributed by atoms with Gasteiger partial charge in [-0.1, -0.05) is 19.0 Å². The van der Waals surface area contributed by atoms with Crippen molar-refractivity contribution >= 4 is 5.91 Å². The van der Waals surface area contributed by atoms with Crippen molar-refractivity contribution in [1.82, 2.24) is 29.8 Å². The van der Waals surface area contributed by atoms with Crippen LogP contribution in [0, 0.1) is 0 Å². The maximum atomic E-state index is 12.4. The standard InChI is InChI=1S/C16H24N6O2/c1-12(2)16-19-15(20-24-16)13-5-3-7-21(9-13)14(23)6-4-8-22-11-17-10-18-22/h10-13H,3-9H2,1-2H3/t13-/m0/s1. The molecule has 0 saturated carbocycles. The summed E-state index contributed by atoms with van der Waals surface area (Å²) in [5.41, 5.74) is 0. The maximum absolute atomic E-state index is 12.4. The summed E-state index contributed by atoms with van der Waals surface area (Å²) < 4.78 is 7.05. The first kappa shape index (κ1) is 16.6. The Morgan fingerprint density at radius 3 is 3.04 bits per heavy atom. The topological polar surface area (TPSA) is 89.9 Å². The highest BCUT2D eigenvalue weighted by Gasteiger charge is 2.28. The lowest BCUT2D eigenvalue weighted by Crippen LogP contribution is -2.39. The number of carbonyl (C=O) groups is 1. The van der Waals surface area contributed by atoms with Crippen LogP contribution in [0.15, 0.2) is 17.2 Å². The molecule has 1 atom stereocenters. The minimum atomic E-state index is 0.175. The Bertz CT molecular complexity index is 651. The van der Waals surface area contributed by atoms with Gasteiger partial charge in [-0.05, 0) is 19.3 Å². The van der Waals surface area contributed by atoms with E-state index in [4.69, 9.17) is 4.52 Å². The number of nitrogens with zero attached hydrogens (tertiary/aromatic N) is 6. The van der Waals surface area contributed by atoms with Gasteiger partial charge in [0.1, 0.15) is 12.7 Å². The van der Waals surface area contributed by atoms with Crippen LogP contribution in [0.5, 0.6) is 0 Å². The lowest BCUT2D eigenvalue weighted by Gasteiger charge is -2.31. The summed E-state index contributed by atoms with van der Waals surface area (Å²) >= 11 is 0. The van der Waals surface area contributed by atoms with E-state index in [0.717, 1.165) is 31.6 Å². The quantitative estimate of drug-likeness (QED) is 0.803. The lowest BCUT2D eigenvalue weighted by atomic mass is 9.97. The third-order valence-electron chi connectivity index (χ3n) is 4.34. The second kappa shape index (κ2) is 7.55. The highest BCUT2D eigenvalue weighted by Crippen LogP contribution is 2.26. The van der Waals surface area contributed by atoms with Gasteiger partial charge in [-0.3, -0.25) is 9.48 Å². The molecule has 1 fully saturated rings. The van der Waals surface area contributed by atoms with Crippen molar-refractivity contribution in [3.63, 3.8) is 0 Å². The second-order valence-electron chi connectivity index (χ2n) is 6.59. The molecule has 1 saturated heterocycles. The normalized spacial score (nSPS) is 18.3. The van der Waals surface area contributed by atoms with Gasteiger partial charge in [0.15, 0.2) is 5.82 Å². The van der Waals surface area contributed by atoms with Gasteiger partial charge in [0, 0.05) is 37.9 Å². The average molecular weight is 332 g/mol. The maximum Gasteiger partial charge on any atom is 0.229 e. The van der Waals surface area contributed by atoms with Crippen LogP contribution >= 0.6 is 0 Å². The number of carbonyl (C=O) groups excluding carboxylic acids is 1. The monoisotopic (exact) mass is 332 g/mol. The summed E-state index contributed by atoms with van der Waals surface area (Å²) in [5, 5.41) is 8.16. The summed E-state index contributed by atoms with van der Waals surface area (Å²) in [7, 11) is 0. The predicted molar refractivity (Wildman–Crippen MR) is 86.2 cm³/mol. The smallest absolute Gasteiger partial charge is 0.229 e. The Morgan fingerprint density at radius 2 is 2.33 bits per heavy atom. The molecule has 2 aromatic heterocycles. The van der Waals surface area contributed by atoms with E-state index in [0.29, 0.717) is 25.4 Å². The summed E-state index contributed by atoms with van der Waals surface area (Å²) in [4.78, 5) is 22.8. The molecule has 2 aromatic rings. The molecule has 1 amide bonds. The number of aromatic nitrogens is 5. The molecule has 0 aromatic carbocycles. The fourth-order valence-electron chi connectivity index (χ4n) is 2.96. The number of rotatable bonds is 6. The van der Waals surface area contributed by atoms with E-state index in [9.17, 15) is 4.79 Å². The first-order chi connectivity index (χ1) is 11.6. The van der Waals surface area contributed by atoms with Crippen molar-refractivity contribution < 1.29 is 9.32 Å². The van der Waals surface area contributed by atoms with Gasteiger partial charge in [0.25, 0.3) is 0 Å². The largest absolute Gasteiger partial charge is 0.342 e. The van der Waals surface area contributed by atoms with Gasteiger partial charge < -0.3 is 9.42 Å². The van der Waals surface area contributed by atoms with E-state index >= 15 is 0 Å². The van der Waals surface area contributed by atoms with E-state index in [2.05, 4.69) is 20.2 Å². The molecular formula is C16H24N6O2. The van der Waals surface area contributed by atoms with Crippen molar-refractivity contribution in [2.75, 3.05) is 13.1 Å². The molecule has 0 aliphatic carbocycles. The van der Waals surface area contributed by atoms with Crippen LogP contribution in [0.3, 0.4) is 0 Å². The number of piperidine rings is 1. The fourth-order valence-corrected chi connectivity index (χ4v) is 2.96. The number of hydrogen-bond donors (Lipinski definition) is 0. The highest BCUT2D eigenvalue weighted by molar-refractivity contribution is 5.76. The second-order valence-corrected chi connectivity index (χ2v) is 6.59. The summed E-state index contributed by atoms with van der Waals surface area (Å²) in [6.07, 6.45) is 6.45. The number of likely N-dealkylation sites (tertiary alicyclic amines) is 1. The van der Waals surface area contributed by atoms with Crippen molar-refractivity contribution in [2.24, 2.45) is 0 Å². The zero-order valence-corrected chi connectivity index (χ0v) is 14.3. The summed E-state index contributed by atoms with van der Waals surface area (Å²) in [6.45, 7) is 6.27. The molecule has 24 heavy (non-hydrogen) atoms. The first-order valence-electron chi connectivity index (χ1n) is 8.57. The molecule has 1 aliphatic rings. The molecule has 8 heteroatoms. The highest BCUT2D eigenvalue weighted by atomic mass is 16.5. The van der Waals surface area contributed by atoms with Crippen LogP contribution in [-0.2, 0) is 11.3 Å². The molecule has 0 N–H and O–H groups in total. The van der Waals surface area contributed by atoms with Crippen LogP contribution in [-0.4, -0.2) is 48.8 Å². The minimum absolute atomic E-state index is 0.175. The first-order valence-corrected chi connectivity index (χ1v) is 8.57. The Morgan fingerprint density at radius 1 is 1.46 bits per heavy atom. The van der Waals surface area contributed by atoms with Gasteiger partial charge in [0.05, 0.1) is 0 Å². The van der Waals surface area contributed by atoms with E-state index in [1.54, 1.807) is 11.0 Å². The molecular weight excluding hydrogens is 308 g/mol. The van der Waals surface area contributed by atoms with E-state index in [-0.39, 0.29) is 17.7 Å². The average Bonchev–Trinajstić information content (AvgIpc) is 3.26. The third-order valence-corrected chi connectivity index (χ3v) is 4.34. The summed E-state index contributed by atoms with van der Waals surface area (Å²) in [5.74, 6) is 1.99. The van der Waals surface area contributed by atoms with Gasteiger partial charge >= 0.3 is 0 Å². The van der Waals surface area contributed by atoms with Gasteiger partial charge in [-0.25, -0.2) is 4.98 Å². The van der Waals surface area contributed by atoms with Gasteiger partial charge in [0.2, 0.25) is 11.8 Å². The molecule has 1 aliphatic heterocycles. The van der Waals surface area contributed by atoms with Gasteiger partial charge in [-0.15, -0.1) is 0 Å². The predicted octanol–water partition coefficient (Wildman–Crippen LogP) is 1.97. The van der Waals surface area contributed by atoms with E-state index < -0.39 is 0 Å². The SMILES string of the molecule is CC(C)c1nc([C@H]2CCCN(C(=O)CCCn3cncn3)C2)no1. The Labute approximate surface area is 141 Å². The minimum Gasteiger partial charge on any atom is -0.342 e. The van der Waals surface area contributed by atoms with Crippen LogP contribution in [0.25, 0.3) is 0 Å². The molecule has 0 radical (unpaired) electrons. The van der Waals surface area contributed by atoms with Crippen LogP contribution < -0.4 is 0 Å².